The van der Waals surface area contributed by atoms with E-state index in [0.29, 0.717) is 12.4 Å². The molecule has 7 nitrogen and oxygen atoms in total. The van der Waals surface area contributed by atoms with Gasteiger partial charge in [-0.25, -0.2) is 4.98 Å². The summed E-state index contributed by atoms with van der Waals surface area (Å²) in [7, 11) is 0. The quantitative estimate of drug-likeness (QED) is 0.560. The highest BCUT2D eigenvalue weighted by Gasteiger charge is 2.21. The van der Waals surface area contributed by atoms with Gasteiger partial charge in [0.1, 0.15) is 17.3 Å². The first kappa shape index (κ1) is 23.0. The molecule has 1 fully saturated rings. The normalized spacial score (nSPS) is 15.0. The maximum Gasteiger partial charge on any atom is 0.234 e. The number of ether oxygens (including phenoxy) is 1. The highest BCUT2D eigenvalue weighted by molar-refractivity contribution is 5.78. The van der Waals surface area contributed by atoms with Crippen molar-refractivity contribution in [1.82, 2.24) is 20.1 Å². The van der Waals surface area contributed by atoms with Crippen LogP contribution in [0.25, 0.3) is 11.5 Å². The molecule has 0 unspecified atom stereocenters. The number of oxazole rings is 1. The summed E-state index contributed by atoms with van der Waals surface area (Å²) >= 11 is 0. The minimum atomic E-state index is 0.0916. The molecule has 2 aromatic carbocycles. The lowest BCUT2D eigenvalue weighted by Crippen LogP contribution is -2.49. The Balaban J connectivity index is 1.35. The van der Waals surface area contributed by atoms with Gasteiger partial charge in [0.2, 0.25) is 11.8 Å². The lowest BCUT2D eigenvalue weighted by molar-refractivity contribution is -0.123. The Hall–Kier alpha value is -3.16. The van der Waals surface area contributed by atoms with Crippen LogP contribution in [0.1, 0.15) is 25.3 Å². The van der Waals surface area contributed by atoms with Gasteiger partial charge in [-0.15, -0.1) is 0 Å². The summed E-state index contributed by atoms with van der Waals surface area (Å²) in [6.45, 7) is 10.7. The molecule has 0 saturated carbocycles. The fraction of sp³-hybridized carbons (Fsp3) is 0.385. The number of amides is 1. The Morgan fingerprint density at radius 2 is 1.73 bits per heavy atom. The summed E-state index contributed by atoms with van der Waals surface area (Å²) in [6.07, 6.45) is 0. The third-order valence-electron chi connectivity index (χ3n) is 5.61. The van der Waals surface area contributed by atoms with Gasteiger partial charge in [-0.3, -0.25) is 14.6 Å². The zero-order valence-corrected chi connectivity index (χ0v) is 19.6. The molecule has 1 amide bonds. The van der Waals surface area contributed by atoms with Crippen LogP contribution in [0, 0.1) is 6.92 Å². The average Bonchev–Trinajstić information content (AvgIpc) is 3.16. The maximum atomic E-state index is 12.0. The highest BCUT2D eigenvalue weighted by atomic mass is 16.5. The molecular weight excluding hydrogens is 416 g/mol. The molecule has 1 N–H and O–H groups in total. The number of nitrogens with one attached hydrogen (secondary N) is 1. The number of nitrogens with zero attached hydrogens (tertiary/aromatic N) is 3. The molecule has 7 heteroatoms. The van der Waals surface area contributed by atoms with E-state index < -0.39 is 0 Å². The molecule has 1 aromatic heterocycles. The second kappa shape index (κ2) is 10.6. The maximum absolute atomic E-state index is 12.0. The molecule has 1 saturated heterocycles. The van der Waals surface area contributed by atoms with E-state index in [1.54, 1.807) is 0 Å². The molecule has 1 aliphatic rings. The Bertz CT molecular complexity index is 1060. The fourth-order valence-electron chi connectivity index (χ4n) is 3.90. The Labute approximate surface area is 195 Å². The third-order valence-corrected chi connectivity index (χ3v) is 5.61. The van der Waals surface area contributed by atoms with Crippen molar-refractivity contribution in [2.24, 2.45) is 0 Å². The SMILES string of the molecule is Cc1oc(-c2cccc(Oc3ccccc3)c2)nc1CN1CCN(CC(=O)NC(C)C)CC1. The number of carbonyl (C=O) groups is 1. The first-order valence-corrected chi connectivity index (χ1v) is 11.5. The van der Waals surface area contributed by atoms with Gasteiger partial charge in [0.25, 0.3) is 0 Å². The summed E-state index contributed by atoms with van der Waals surface area (Å²) in [6, 6.07) is 17.7. The van der Waals surface area contributed by atoms with Gasteiger partial charge < -0.3 is 14.5 Å². The van der Waals surface area contributed by atoms with Crippen molar-refractivity contribution < 1.29 is 13.9 Å². The largest absolute Gasteiger partial charge is 0.457 e. The topological polar surface area (TPSA) is 70.8 Å². The molecule has 0 aliphatic carbocycles. The number of carbonyl (C=O) groups excluding carboxylic acids is 1. The van der Waals surface area contributed by atoms with Crippen molar-refractivity contribution in [2.75, 3.05) is 32.7 Å². The molecule has 1 aliphatic heterocycles. The van der Waals surface area contributed by atoms with Crippen LogP contribution in [-0.4, -0.2) is 59.5 Å². The van der Waals surface area contributed by atoms with Crippen LogP contribution in [0.2, 0.25) is 0 Å². The summed E-state index contributed by atoms with van der Waals surface area (Å²) < 4.78 is 11.9. The van der Waals surface area contributed by atoms with Gasteiger partial charge in [0, 0.05) is 44.3 Å². The monoisotopic (exact) mass is 448 g/mol. The summed E-state index contributed by atoms with van der Waals surface area (Å²) in [5.41, 5.74) is 1.84. The third kappa shape index (κ3) is 6.43. The van der Waals surface area contributed by atoms with Gasteiger partial charge in [-0.05, 0) is 51.1 Å². The molecule has 3 aromatic rings. The van der Waals surface area contributed by atoms with E-state index in [1.807, 2.05) is 75.4 Å². The number of aromatic nitrogens is 1. The first-order valence-electron chi connectivity index (χ1n) is 11.5. The molecule has 0 radical (unpaired) electrons. The standard InChI is InChI=1S/C26H32N4O3/c1-19(2)27-25(31)18-30-14-12-29(13-15-30)17-24-20(3)32-26(28-24)21-8-7-11-23(16-21)33-22-9-5-4-6-10-22/h4-11,16,19H,12-15,17-18H2,1-3H3,(H,27,31). The number of hydrogen-bond donors (Lipinski definition) is 1. The van der Waals surface area contributed by atoms with Crippen LogP contribution in [0.4, 0.5) is 0 Å². The summed E-state index contributed by atoms with van der Waals surface area (Å²) in [5, 5.41) is 2.96. The van der Waals surface area contributed by atoms with Crippen molar-refractivity contribution in [3.05, 3.63) is 66.1 Å². The van der Waals surface area contributed by atoms with Gasteiger partial charge in [0.15, 0.2) is 0 Å². The Morgan fingerprint density at radius 3 is 2.45 bits per heavy atom. The van der Waals surface area contributed by atoms with Crippen LogP contribution in [0.3, 0.4) is 0 Å². The summed E-state index contributed by atoms with van der Waals surface area (Å²) in [4.78, 5) is 21.3. The van der Waals surface area contributed by atoms with Crippen molar-refractivity contribution in [3.8, 4) is 23.0 Å². The number of para-hydroxylation sites is 1. The van der Waals surface area contributed by atoms with E-state index in [0.717, 1.165) is 61.2 Å². The van der Waals surface area contributed by atoms with Gasteiger partial charge in [-0.2, -0.15) is 0 Å². The second-order valence-electron chi connectivity index (χ2n) is 8.74. The van der Waals surface area contributed by atoms with E-state index in [2.05, 4.69) is 15.1 Å². The number of piperazine rings is 1. The zero-order valence-electron chi connectivity index (χ0n) is 19.6. The van der Waals surface area contributed by atoms with Gasteiger partial charge in [-0.1, -0.05) is 24.3 Å². The predicted molar refractivity (Wildman–Crippen MR) is 128 cm³/mol. The minimum absolute atomic E-state index is 0.0916. The average molecular weight is 449 g/mol. The molecule has 0 spiro atoms. The minimum Gasteiger partial charge on any atom is -0.457 e. The number of aryl methyl sites for hydroxylation is 1. The molecule has 0 atom stereocenters. The molecular formula is C26H32N4O3. The van der Waals surface area contributed by atoms with E-state index in [9.17, 15) is 4.79 Å². The highest BCUT2D eigenvalue weighted by Crippen LogP contribution is 2.28. The second-order valence-corrected chi connectivity index (χ2v) is 8.74. The smallest absolute Gasteiger partial charge is 0.234 e. The van der Waals surface area contributed by atoms with Crippen molar-refractivity contribution in [2.45, 2.75) is 33.4 Å². The summed E-state index contributed by atoms with van der Waals surface area (Å²) in [5.74, 6) is 3.06. The van der Waals surface area contributed by atoms with Gasteiger partial charge >= 0.3 is 0 Å². The molecule has 33 heavy (non-hydrogen) atoms. The van der Waals surface area contributed by atoms with Gasteiger partial charge in [0.05, 0.1) is 12.2 Å². The molecule has 4 rings (SSSR count). The van der Waals surface area contributed by atoms with Crippen LogP contribution >= 0.6 is 0 Å². The van der Waals surface area contributed by atoms with E-state index in [1.165, 1.54) is 0 Å². The van der Waals surface area contributed by atoms with Crippen LogP contribution < -0.4 is 10.1 Å². The van der Waals surface area contributed by atoms with Crippen molar-refractivity contribution in [3.63, 3.8) is 0 Å². The van der Waals surface area contributed by atoms with E-state index in [-0.39, 0.29) is 11.9 Å². The Morgan fingerprint density at radius 1 is 1.03 bits per heavy atom. The van der Waals surface area contributed by atoms with Crippen LogP contribution in [0.5, 0.6) is 11.5 Å². The zero-order chi connectivity index (χ0) is 23.2. The molecule has 2 heterocycles. The van der Waals surface area contributed by atoms with E-state index in [4.69, 9.17) is 14.1 Å². The van der Waals surface area contributed by atoms with Crippen LogP contribution in [0.15, 0.2) is 59.0 Å². The Kier molecular flexibility index (Phi) is 7.42. The fourth-order valence-corrected chi connectivity index (χ4v) is 3.90. The first-order chi connectivity index (χ1) is 16.0. The number of benzene rings is 2. The van der Waals surface area contributed by atoms with Crippen molar-refractivity contribution in [1.29, 1.82) is 0 Å². The number of rotatable bonds is 8. The van der Waals surface area contributed by atoms with E-state index >= 15 is 0 Å². The molecule has 0 bridgehead atoms. The van der Waals surface area contributed by atoms with Crippen LogP contribution in [-0.2, 0) is 11.3 Å². The lowest BCUT2D eigenvalue weighted by atomic mass is 10.2. The van der Waals surface area contributed by atoms with Crippen molar-refractivity contribution >= 4 is 5.91 Å². The predicted octanol–water partition coefficient (Wildman–Crippen LogP) is 4.08. The lowest BCUT2D eigenvalue weighted by Gasteiger charge is -2.34. The number of hydrogen-bond acceptors (Lipinski definition) is 6. The molecule has 174 valence electrons.